The van der Waals surface area contributed by atoms with Gasteiger partial charge in [0.2, 0.25) is 16.9 Å². The number of hydrogen-bond acceptors (Lipinski definition) is 8. The molecule has 0 spiro atoms. The zero-order valence-electron chi connectivity index (χ0n) is 16.0. The minimum Gasteiger partial charge on any atom is -0.493 e. The van der Waals surface area contributed by atoms with Gasteiger partial charge in [0.05, 0.1) is 26.9 Å². The van der Waals surface area contributed by atoms with E-state index in [0.717, 1.165) is 12.0 Å². The number of carbonyl (C=O) groups is 2. The molecule has 2 atom stereocenters. The summed E-state index contributed by atoms with van der Waals surface area (Å²) in [5.74, 6) is 0.962. The third-order valence-corrected chi connectivity index (χ3v) is 5.60. The molecule has 29 heavy (non-hydrogen) atoms. The number of nitrogens with zero attached hydrogens (tertiary/aromatic N) is 3. The van der Waals surface area contributed by atoms with Crippen molar-refractivity contribution in [1.82, 2.24) is 15.1 Å². The van der Waals surface area contributed by atoms with Crippen LogP contribution in [0.25, 0.3) is 0 Å². The minimum atomic E-state index is -0.282. The van der Waals surface area contributed by atoms with Gasteiger partial charge in [-0.05, 0) is 17.7 Å². The molecule has 2 aliphatic heterocycles. The van der Waals surface area contributed by atoms with Gasteiger partial charge in [-0.2, -0.15) is 0 Å². The third-order valence-electron chi connectivity index (χ3n) is 5.00. The Bertz CT molecular complexity index is 869. The molecule has 154 valence electrons. The number of likely N-dealkylation sites (tertiary alicyclic amines) is 1. The lowest BCUT2D eigenvalue weighted by atomic mass is 9.98. The van der Waals surface area contributed by atoms with E-state index in [1.54, 1.807) is 12.0 Å². The molecule has 2 aromatic rings. The zero-order chi connectivity index (χ0) is 20.2. The van der Waals surface area contributed by atoms with Gasteiger partial charge in [0.15, 0.2) is 11.5 Å². The molecule has 4 rings (SSSR count). The average molecular weight is 418 g/mol. The third kappa shape index (κ3) is 4.65. The van der Waals surface area contributed by atoms with E-state index >= 15 is 0 Å². The normalized spacial score (nSPS) is 21.4. The summed E-state index contributed by atoms with van der Waals surface area (Å²) < 4.78 is 16.8. The van der Waals surface area contributed by atoms with E-state index in [2.05, 4.69) is 15.5 Å². The van der Waals surface area contributed by atoms with Crippen molar-refractivity contribution in [3.05, 3.63) is 29.3 Å². The summed E-state index contributed by atoms with van der Waals surface area (Å²) in [6.07, 6.45) is 1.20. The van der Waals surface area contributed by atoms with Crippen LogP contribution in [0.3, 0.4) is 0 Å². The molecule has 0 radical (unpaired) electrons. The number of aromatic nitrogens is 2. The fraction of sp³-hybridized carbons (Fsp3) is 0.474. The highest BCUT2D eigenvalue weighted by Gasteiger charge is 2.32. The summed E-state index contributed by atoms with van der Waals surface area (Å²) in [5, 5.41) is 10.5. The van der Waals surface area contributed by atoms with E-state index < -0.39 is 0 Å². The molecule has 9 nitrogen and oxygen atoms in total. The molecule has 2 amide bonds. The van der Waals surface area contributed by atoms with Crippen molar-refractivity contribution < 1.29 is 23.8 Å². The van der Waals surface area contributed by atoms with Crippen molar-refractivity contribution in [3.8, 4) is 11.5 Å². The number of methoxy groups -OCH3 is 1. The molecule has 1 aromatic heterocycles. The van der Waals surface area contributed by atoms with Gasteiger partial charge in [0, 0.05) is 25.3 Å². The summed E-state index contributed by atoms with van der Waals surface area (Å²) in [7, 11) is 1.60. The summed E-state index contributed by atoms with van der Waals surface area (Å²) in [6.45, 7) is 1.72. The van der Waals surface area contributed by atoms with Gasteiger partial charge in [0.25, 0.3) is 0 Å². The number of ether oxygens (including phenoxy) is 3. The number of carbonyl (C=O) groups excluding carboxylic acids is 2. The number of rotatable bonds is 7. The average Bonchev–Trinajstić information content (AvgIpc) is 3.46. The smallest absolute Gasteiger partial charge is 0.245 e. The summed E-state index contributed by atoms with van der Waals surface area (Å²) in [6, 6.07) is 5.73. The Labute approximate surface area is 172 Å². The van der Waals surface area contributed by atoms with Crippen LogP contribution in [-0.2, 0) is 14.3 Å². The van der Waals surface area contributed by atoms with Crippen LogP contribution in [0.4, 0.5) is 5.13 Å². The maximum Gasteiger partial charge on any atom is 0.245 e. The van der Waals surface area contributed by atoms with Crippen LogP contribution in [0.2, 0.25) is 0 Å². The van der Waals surface area contributed by atoms with Gasteiger partial charge in [-0.3, -0.25) is 14.9 Å². The lowest BCUT2D eigenvalue weighted by Gasteiger charge is -2.18. The number of hydrogen-bond donors (Lipinski definition) is 1. The second-order valence-electron chi connectivity index (χ2n) is 6.98. The maximum atomic E-state index is 12.4. The van der Waals surface area contributed by atoms with E-state index in [-0.39, 0.29) is 30.4 Å². The van der Waals surface area contributed by atoms with E-state index in [0.29, 0.717) is 42.8 Å². The van der Waals surface area contributed by atoms with Gasteiger partial charge >= 0.3 is 0 Å². The van der Waals surface area contributed by atoms with Gasteiger partial charge in [-0.1, -0.05) is 17.4 Å². The Morgan fingerprint density at radius 1 is 1.41 bits per heavy atom. The predicted octanol–water partition coefficient (Wildman–Crippen LogP) is 1.67. The van der Waals surface area contributed by atoms with Crippen molar-refractivity contribution in [2.75, 3.05) is 38.7 Å². The Kier molecular flexibility index (Phi) is 5.91. The van der Waals surface area contributed by atoms with Crippen LogP contribution in [0.5, 0.6) is 11.5 Å². The Balaban J connectivity index is 1.41. The standard InChI is InChI=1S/C19H22N4O5S/c1-26-15-3-2-12(6-16(15)28-14-4-5-27-10-14)13-7-18(25)23(8-13)9-17(24)21-19-22-20-11-29-19/h2-3,6,11,13-14H,4-5,7-10H2,1H3,(H,21,22,24)/t13-,14-/m1/s1. The fourth-order valence-corrected chi connectivity index (χ4v) is 3.99. The van der Waals surface area contributed by atoms with Gasteiger partial charge in [-0.25, -0.2) is 0 Å². The lowest BCUT2D eigenvalue weighted by molar-refractivity contribution is -0.131. The molecule has 0 unspecified atom stereocenters. The van der Waals surface area contributed by atoms with Crippen molar-refractivity contribution >= 4 is 28.3 Å². The molecule has 0 aliphatic carbocycles. The maximum absolute atomic E-state index is 12.4. The van der Waals surface area contributed by atoms with Crippen molar-refractivity contribution in [1.29, 1.82) is 0 Å². The zero-order valence-corrected chi connectivity index (χ0v) is 16.8. The molecule has 1 N–H and O–H groups in total. The molecular formula is C19H22N4O5S. The number of nitrogens with one attached hydrogen (secondary N) is 1. The van der Waals surface area contributed by atoms with Crippen molar-refractivity contribution in [2.45, 2.75) is 24.9 Å². The Morgan fingerprint density at radius 2 is 2.31 bits per heavy atom. The topological polar surface area (TPSA) is 103 Å². The van der Waals surface area contributed by atoms with Crippen LogP contribution >= 0.6 is 11.3 Å². The van der Waals surface area contributed by atoms with Crippen LogP contribution in [-0.4, -0.2) is 66.4 Å². The number of anilines is 1. The first-order chi connectivity index (χ1) is 14.1. The van der Waals surface area contributed by atoms with Crippen molar-refractivity contribution in [3.63, 3.8) is 0 Å². The lowest BCUT2D eigenvalue weighted by Crippen LogP contribution is -2.34. The molecule has 2 saturated heterocycles. The molecule has 3 heterocycles. The first-order valence-corrected chi connectivity index (χ1v) is 10.3. The quantitative estimate of drug-likeness (QED) is 0.730. The fourth-order valence-electron chi connectivity index (χ4n) is 3.53. The summed E-state index contributed by atoms with van der Waals surface area (Å²) in [4.78, 5) is 26.2. The van der Waals surface area contributed by atoms with Gasteiger partial charge < -0.3 is 19.1 Å². The Hall–Kier alpha value is -2.72. The molecular weight excluding hydrogens is 396 g/mol. The highest BCUT2D eigenvalue weighted by molar-refractivity contribution is 7.13. The van der Waals surface area contributed by atoms with E-state index in [1.165, 1.54) is 16.8 Å². The largest absolute Gasteiger partial charge is 0.493 e. The number of amides is 2. The van der Waals surface area contributed by atoms with Crippen LogP contribution in [0, 0.1) is 0 Å². The monoisotopic (exact) mass is 418 g/mol. The van der Waals surface area contributed by atoms with Crippen molar-refractivity contribution in [2.24, 2.45) is 0 Å². The van der Waals surface area contributed by atoms with Crippen LogP contribution < -0.4 is 14.8 Å². The molecule has 2 aliphatic rings. The second-order valence-corrected chi connectivity index (χ2v) is 7.81. The Morgan fingerprint density at radius 3 is 3.03 bits per heavy atom. The molecule has 0 saturated carbocycles. The SMILES string of the molecule is COc1ccc([C@@H]2CC(=O)N(CC(=O)Nc3nncs3)C2)cc1O[C@@H]1CCOC1. The van der Waals surface area contributed by atoms with E-state index in [1.807, 2.05) is 18.2 Å². The molecule has 0 bridgehead atoms. The predicted molar refractivity (Wildman–Crippen MR) is 105 cm³/mol. The van der Waals surface area contributed by atoms with Gasteiger partial charge in [0.1, 0.15) is 11.6 Å². The summed E-state index contributed by atoms with van der Waals surface area (Å²) in [5.41, 5.74) is 2.52. The molecule has 1 aromatic carbocycles. The first kappa shape index (κ1) is 19.6. The highest BCUT2D eigenvalue weighted by Crippen LogP contribution is 2.36. The number of benzene rings is 1. The van der Waals surface area contributed by atoms with E-state index in [4.69, 9.17) is 14.2 Å². The highest BCUT2D eigenvalue weighted by atomic mass is 32.1. The minimum absolute atomic E-state index is 0.00454. The molecule has 2 fully saturated rings. The van der Waals surface area contributed by atoms with Crippen LogP contribution in [0.15, 0.2) is 23.7 Å². The van der Waals surface area contributed by atoms with Crippen LogP contribution in [0.1, 0.15) is 24.3 Å². The molecule has 10 heteroatoms. The first-order valence-electron chi connectivity index (χ1n) is 9.38. The van der Waals surface area contributed by atoms with E-state index in [9.17, 15) is 9.59 Å². The summed E-state index contributed by atoms with van der Waals surface area (Å²) >= 11 is 1.23. The second kappa shape index (κ2) is 8.75. The van der Waals surface area contributed by atoms with Gasteiger partial charge in [-0.15, -0.1) is 10.2 Å².